The fourth-order valence-electron chi connectivity index (χ4n) is 2.18. The monoisotopic (exact) mass is 327 g/mol. The molecule has 0 fully saturated rings. The summed E-state index contributed by atoms with van der Waals surface area (Å²) in [5.74, 6) is -0.657. The van der Waals surface area contributed by atoms with Crippen LogP contribution >= 0.6 is 11.8 Å². The lowest BCUT2D eigenvalue weighted by Gasteiger charge is -2.03. The number of aromatic nitrogens is 2. The number of nitrogens with zero attached hydrogens (tertiary/aromatic N) is 2. The number of thioether (sulfide) groups is 1. The Labute approximate surface area is 135 Å². The van der Waals surface area contributed by atoms with Crippen molar-refractivity contribution in [2.75, 3.05) is 0 Å². The first kappa shape index (κ1) is 15.2. The van der Waals surface area contributed by atoms with Gasteiger partial charge in [-0.25, -0.2) is 4.99 Å². The minimum Gasteiger partial charge on any atom is -0.492 e. The molecule has 6 nitrogen and oxygen atoms in total. The Morgan fingerprint density at radius 3 is 2.91 bits per heavy atom. The molecule has 7 heteroatoms. The van der Waals surface area contributed by atoms with E-state index in [9.17, 15) is 14.7 Å². The molecule has 0 unspecified atom stereocenters. The first-order valence-electron chi connectivity index (χ1n) is 6.83. The lowest BCUT2D eigenvalue weighted by Crippen LogP contribution is -2.30. The lowest BCUT2D eigenvalue weighted by atomic mass is 10.1. The Bertz CT molecular complexity index is 973. The number of benzene rings is 1. The van der Waals surface area contributed by atoms with Gasteiger partial charge in [0.05, 0.1) is 5.36 Å². The van der Waals surface area contributed by atoms with Gasteiger partial charge < -0.3 is 10.1 Å². The molecule has 1 amide bonds. The molecule has 0 atom stereocenters. The standard InChI is InChI=1S/C16H13N3O3S/c1-8-3-4-10-6-11(14(21)17-12(10)5-8)7-13-15(22)19-16(18-13)23-9(2)20/h3-7,22H,1-2H3,(H,18,19)/b11-7-. The molecule has 116 valence electrons. The number of aromatic hydroxyl groups is 1. The number of hydrogen-bond acceptors (Lipinski definition) is 5. The van der Waals surface area contributed by atoms with Crippen LogP contribution in [0.1, 0.15) is 18.2 Å². The molecule has 1 aliphatic heterocycles. The second kappa shape index (κ2) is 5.85. The van der Waals surface area contributed by atoms with Crippen LogP contribution in [-0.2, 0) is 9.59 Å². The molecule has 0 aliphatic carbocycles. The highest BCUT2D eigenvalue weighted by molar-refractivity contribution is 8.13. The largest absolute Gasteiger partial charge is 0.492 e. The Hall–Kier alpha value is -2.67. The van der Waals surface area contributed by atoms with Crippen LogP contribution < -0.4 is 10.6 Å². The average Bonchev–Trinajstić information content (AvgIpc) is 2.79. The number of H-pyrrole nitrogens is 1. The summed E-state index contributed by atoms with van der Waals surface area (Å²) in [4.78, 5) is 33.9. The highest BCUT2D eigenvalue weighted by Crippen LogP contribution is 2.24. The topological polar surface area (TPSA) is 95.4 Å². The number of aryl methyl sites for hydroxylation is 1. The number of carbonyl (C=O) groups is 2. The van der Waals surface area contributed by atoms with Crippen molar-refractivity contribution in [3.8, 4) is 5.88 Å². The van der Waals surface area contributed by atoms with E-state index >= 15 is 0 Å². The third-order valence-electron chi connectivity index (χ3n) is 3.20. The van der Waals surface area contributed by atoms with Crippen molar-refractivity contribution in [3.05, 3.63) is 45.6 Å². The van der Waals surface area contributed by atoms with Crippen LogP contribution in [0.25, 0.3) is 12.2 Å². The normalized spacial score (nSPS) is 15.0. The fourth-order valence-corrected chi connectivity index (χ4v) is 2.74. The summed E-state index contributed by atoms with van der Waals surface area (Å²) in [7, 11) is 0. The van der Waals surface area contributed by atoms with Gasteiger partial charge in [-0.3, -0.25) is 9.59 Å². The maximum absolute atomic E-state index is 12.1. The third-order valence-corrected chi connectivity index (χ3v) is 3.87. The number of aromatic amines is 1. The van der Waals surface area contributed by atoms with Gasteiger partial charge in [0.25, 0.3) is 5.91 Å². The molecule has 0 spiro atoms. The van der Waals surface area contributed by atoms with Crippen molar-refractivity contribution < 1.29 is 14.7 Å². The van der Waals surface area contributed by atoms with Crippen molar-refractivity contribution >= 4 is 34.9 Å². The molecule has 2 N–H and O–H groups in total. The highest BCUT2D eigenvalue weighted by atomic mass is 32.2. The van der Waals surface area contributed by atoms with E-state index in [2.05, 4.69) is 15.0 Å². The predicted octanol–water partition coefficient (Wildman–Crippen LogP) is 1.09. The molecule has 0 saturated carbocycles. The van der Waals surface area contributed by atoms with Gasteiger partial charge in [-0.05, 0) is 42.5 Å². The van der Waals surface area contributed by atoms with Crippen LogP contribution in [0.15, 0.2) is 33.9 Å². The van der Waals surface area contributed by atoms with Crippen LogP contribution in [0.5, 0.6) is 5.88 Å². The molecular weight excluding hydrogens is 314 g/mol. The smallest absolute Gasteiger partial charge is 0.277 e. The zero-order valence-electron chi connectivity index (χ0n) is 12.5. The number of carbonyl (C=O) groups excluding carboxylic acids is 2. The lowest BCUT2D eigenvalue weighted by molar-refractivity contribution is -0.114. The molecule has 1 aliphatic rings. The average molecular weight is 327 g/mol. The quantitative estimate of drug-likeness (QED) is 0.636. The fraction of sp³-hybridized carbons (Fsp3) is 0.125. The summed E-state index contributed by atoms with van der Waals surface area (Å²) in [5.41, 5.74) is 1.62. The van der Waals surface area contributed by atoms with E-state index in [1.807, 2.05) is 25.1 Å². The van der Waals surface area contributed by atoms with Crippen LogP contribution in [-0.4, -0.2) is 26.1 Å². The third kappa shape index (κ3) is 3.24. The molecule has 1 aromatic carbocycles. The highest BCUT2D eigenvalue weighted by Gasteiger charge is 2.14. The van der Waals surface area contributed by atoms with E-state index in [0.717, 1.165) is 22.5 Å². The van der Waals surface area contributed by atoms with Gasteiger partial charge in [0.15, 0.2) is 10.3 Å². The number of fused-ring (bicyclic) bond motifs is 1. The van der Waals surface area contributed by atoms with E-state index in [4.69, 9.17) is 0 Å². The number of nitrogens with one attached hydrogen (secondary N) is 1. The van der Waals surface area contributed by atoms with E-state index in [1.165, 1.54) is 13.0 Å². The minimum absolute atomic E-state index is 0.155. The van der Waals surface area contributed by atoms with E-state index in [-0.39, 0.29) is 21.8 Å². The zero-order valence-corrected chi connectivity index (χ0v) is 13.3. The maximum Gasteiger partial charge on any atom is 0.277 e. The van der Waals surface area contributed by atoms with Crippen LogP contribution in [0.3, 0.4) is 0 Å². The molecule has 0 saturated heterocycles. The first-order valence-corrected chi connectivity index (χ1v) is 7.64. The molecule has 2 heterocycles. The van der Waals surface area contributed by atoms with Crippen molar-refractivity contribution in [2.45, 2.75) is 19.0 Å². The van der Waals surface area contributed by atoms with Gasteiger partial charge in [-0.15, -0.1) is 0 Å². The second-order valence-corrected chi connectivity index (χ2v) is 6.26. The number of rotatable bonds is 2. The van der Waals surface area contributed by atoms with Gasteiger partial charge in [-0.1, -0.05) is 12.1 Å². The van der Waals surface area contributed by atoms with Crippen molar-refractivity contribution in [1.82, 2.24) is 9.97 Å². The molecule has 2 aromatic rings. The predicted molar refractivity (Wildman–Crippen MR) is 86.2 cm³/mol. The molecule has 1 aromatic heterocycles. The summed E-state index contributed by atoms with van der Waals surface area (Å²) >= 11 is 0.873. The van der Waals surface area contributed by atoms with E-state index < -0.39 is 5.91 Å². The Balaban J connectivity index is 2.03. The Kier molecular flexibility index (Phi) is 3.87. The van der Waals surface area contributed by atoms with Gasteiger partial charge in [0, 0.05) is 17.7 Å². The number of hydrogen-bond donors (Lipinski definition) is 2. The zero-order chi connectivity index (χ0) is 16.6. The summed E-state index contributed by atoms with van der Waals surface area (Å²) < 4.78 is 0. The molecule has 3 rings (SSSR count). The van der Waals surface area contributed by atoms with E-state index in [1.54, 1.807) is 6.08 Å². The van der Waals surface area contributed by atoms with Crippen molar-refractivity contribution in [2.24, 2.45) is 4.99 Å². The summed E-state index contributed by atoms with van der Waals surface area (Å²) in [6.45, 7) is 3.33. The Morgan fingerprint density at radius 1 is 1.39 bits per heavy atom. The Morgan fingerprint density at radius 2 is 2.17 bits per heavy atom. The molecule has 0 bridgehead atoms. The van der Waals surface area contributed by atoms with Crippen LogP contribution in [0.2, 0.25) is 0 Å². The van der Waals surface area contributed by atoms with Gasteiger partial charge in [-0.2, -0.15) is 4.98 Å². The number of amides is 1. The number of imidazole rings is 1. The van der Waals surface area contributed by atoms with Crippen molar-refractivity contribution in [3.63, 3.8) is 0 Å². The first-order chi connectivity index (χ1) is 10.9. The van der Waals surface area contributed by atoms with Gasteiger partial charge in [0.2, 0.25) is 5.88 Å². The van der Waals surface area contributed by atoms with Crippen molar-refractivity contribution in [1.29, 1.82) is 0 Å². The SMILES string of the molecule is CC(=O)Sc1nc(O)c(/C=C2/C=c3ccc(C)cc3=NC2=O)[nH]1. The second-order valence-electron chi connectivity index (χ2n) is 5.10. The van der Waals surface area contributed by atoms with E-state index in [0.29, 0.717) is 10.9 Å². The molecule has 23 heavy (non-hydrogen) atoms. The molecule has 0 radical (unpaired) electrons. The van der Waals surface area contributed by atoms with Crippen LogP contribution in [0.4, 0.5) is 0 Å². The summed E-state index contributed by atoms with van der Waals surface area (Å²) in [5, 5.41) is 11.4. The van der Waals surface area contributed by atoms with Crippen LogP contribution in [0, 0.1) is 6.92 Å². The van der Waals surface area contributed by atoms with Gasteiger partial charge in [0.1, 0.15) is 5.69 Å². The minimum atomic E-state index is -0.391. The summed E-state index contributed by atoms with van der Waals surface area (Å²) in [6, 6.07) is 5.67. The maximum atomic E-state index is 12.1. The molecular formula is C16H13N3O3S. The summed E-state index contributed by atoms with van der Waals surface area (Å²) in [6.07, 6.45) is 3.18. The van der Waals surface area contributed by atoms with Gasteiger partial charge >= 0.3 is 0 Å².